The fraction of sp³-hybridized carbons (Fsp3) is 0. The lowest BCUT2D eigenvalue weighted by Crippen LogP contribution is -2.03. The highest BCUT2D eigenvalue weighted by atomic mass is 35.5. The minimum atomic E-state index is -1.28. The molecule has 3 aromatic rings. The number of rotatable bonds is 4. The number of ether oxygens (including phenoxy) is 1. The van der Waals surface area contributed by atoms with Crippen LogP contribution in [-0.4, -0.2) is 16.1 Å². The maximum atomic E-state index is 14.0. The minimum Gasteiger partial charge on any atom is -0.477 e. The summed E-state index contributed by atoms with van der Waals surface area (Å²) < 4.78 is 33.0. The van der Waals surface area contributed by atoms with Crippen LogP contribution in [0.1, 0.15) is 10.4 Å². The Bertz CT molecular complexity index is 963. The number of nitrogens with zero attached hydrogens (tertiary/aromatic N) is 1. The second kappa shape index (κ2) is 6.86. The van der Waals surface area contributed by atoms with Crippen molar-refractivity contribution in [2.45, 2.75) is 0 Å². The highest BCUT2D eigenvalue weighted by Gasteiger charge is 2.18. The van der Waals surface area contributed by atoms with E-state index in [1.807, 2.05) is 0 Å². The summed E-state index contributed by atoms with van der Waals surface area (Å²) in [5, 5.41) is 9.56. The Kier molecular flexibility index (Phi) is 4.63. The summed E-state index contributed by atoms with van der Waals surface area (Å²) in [6.07, 6.45) is 1.02. The Hall–Kier alpha value is -2.99. The van der Waals surface area contributed by atoms with Gasteiger partial charge in [-0.15, -0.1) is 0 Å². The van der Waals surface area contributed by atoms with Crippen molar-refractivity contribution < 1.29 is 23.4 Å². The van der Waals surface area contributed by atoms with Gasteiger partial charge < -0.3 is 9.84 Å². The van der Waals surface area contributed by atoms with E-state index in [2.05, 4.69) is 4.98 Å². The molecule has 2 aromatic carbocycles. The highest BCUT2D eigenvalue weighted by Crippen LogP contribution is 2.33. The molecule has 0 bridgehead atoms. The van der Waals surface area contributed by atoms with Crippen LogP contribution in [0.2, 0.25) is 5.02 Å². The van der Waals surface area contributed by atoms with Gasteiger partial charge >= 0.3 is 5.97 Å². The largest absolute Gasteiger partial charge is 0.477 e. The monoisotopic (exact) mass is 361 g/mol. The second-order valence-electron chi connectivity index (χ2n) is 5.00. The molecule has 0 amide bonds. The molecule has 0 saturated carbocycles. The predicted molar refractivity (Wildman–Crippen MR) is 88.1 cm³/mol. The Morgan fingerprint density at radius 2 is 1.84 bits per heavy atom. The molecule has 0 aliphatic rings. The van der Waals surface area contributed by atoms with Gasteiger partial charge in [0.1, 0.15) is 17.1 Å². The van der Waals surface area contributed by atoms with Crippen molar-refractivity contribution in [2.75, 3.05) is 0 Å². The molecule has 0 fully saturated rings. The molecule has 126 valence electrons. The van der Waals surface area contributed by atoms with Crippen LogP contribution in [0.25, 0.3) is 11.3 Å². The van der Waals surface area contributed by atoms with E-state index in [1.54, 1.807) is 24.3 Å². The van der Waals surface area contributed by atoms with Gasteiger partial charge in [0.2, 0.25) is 0 Å². The average Bonchev–Trinajstić information content (AvgIpc) is 2.59. The molecule has 0 saturated heterocycles. The van der Waals surface area contributed by atoms with Crippen LogP contribution < -0.4 is 4.74 Å². The predicted octanol–water partition coefficient (Wildman–Crippen LogP) is 5.17. The maximum absolute atomic E-state index is 14.0. The number of benzene rings is 2. The average molecular weight is 362 g/mol. The van der Waals surface area contributed by atoms with Gasteiger partial charge in [-0.3, -0.25) is 4.98 Å². The summed E-state index contributed by atoms with van der Waals surface area (Å²) in [6, 6.07) is 11.3. The number of aromatic nitrogens is 1. The Labute approximate surface area is 146 Å². The molecule has 1 heterocycles. The SMILES string of the molecule is O=C(O)c1cnc(-c2cccc(F)c2F)cc1Oc1ccccc1Cl. The van der Waals surface area contributed by atoms with E-state index in [0.717, 1.165) is 12.3 Å². The van der Waals surface area contributed by atoms with Crippen LogP contribution in [0, 0.1) is 11.6 Å². The maximum Gasteiger partial charge on any atom is 0.341 e. The zero-order valence-corrected chi connectivity index (χ0v) is 13.3. The quantitative estimate of drug-likeness (QED) is 0.696. The molecular formula is C18H10ClF2NO3. The van der Waals surface area contributed by atoms with Crippen molar-refractivity contribution in [3.05, 3.63) is 76.9 Å². The van der Waals surface area contributed by atoms with Crippen molar-refractivity contribution in [1.29, 1.82) is 0 Å². The van der Waals surface area contributed by atoms with E-state index in [4.69, 9.17) is 16.3 Å². The lowest BCUT2D eigenvalue weighted by atomic mass is 10.1. The van der Waals surface area contributed by atoms with Gasteiger partial charge in [0.25, 0.3) is 0 Å². The number of carbonyl (C=O) groups is 1. The molecule has 7 heteroatoms. The molecule has 0 aliphatic carbocycles. The number of hydrogen-bond donors (Lipinski definition) is 1. The van der Waals surface area contributed by atoms with E-state index < -0.39 is 17.6 Å². The number of carboxylic acid groups (broad SMARTS) is 1. The number of halogens is 3. The normalized spacial score (nSPS) is 10.5. The molecule has 1 aromatic heterocycles. The van der Waals surface area contributed by atoms with Crippen molar-refractivity contribution in [3.63, 3.8) is 0 Å². The van der Waals surface area contributed by atoms with Gasteiger partial charge in [-0.2, -0.15) is 0 Å². The summed E-state index contributed by atoms with van der Waals surface area (Å²) in [5.41, 5.74) is -0.314. The summed E-state index contributed by atoms with van der Waals surface area (Å²) >= 11 is 6.01. The first-order valence-corrected chi connectivity index (χ1v) is 7.45. The van der Waals surface area contributed by atoms with Crippen LogP contribution in [0.5, 0.6) is 11.5 Å². The summed E-state index contributed by atoms with van der Waals surface area (Å²) in [7, 11) is 0. The first-order valence-electron chi connectivity index (χ1n) is 7.07. The Balaban J connectivity index is 2.11. The van der Waals surface area contributed by atoms with E-state index >= 15 is 0 Å². The molecule has 3 rings (SSSR count). The standard InChI is InChI=1S/C18H10ClF2NO3/c19-12-5-1-2-7-15(12)25-16-8-14(22-9-11(16)18(23)24)10-4-3-6-13(20)17(10)21/h1-9H,(H,23,24). The van der Waals surface area contributed by atoms with Gasteiger partial charge in [0.15, 0.2) is 11.6 Å². The third kappa shape index (κ3) is 3.44. The molecule has 0 aliphatic heterocycles. The van der Waals surface area contributed by atoms with Crippen LogP contribution in [0.3, 0.4) is 0 Å². The van der Waals surface area contributed by atoms with Gasteiger partial charge in [0, 0.05) is 17.8 Å². The number of carboxylic acids is 1. The van der Waals surface area contributed by atoms with Gasteiger partial charge in [-0.1, -0.05) is 29.8 Å². The second-order valence-corrected chi connectivity index (χ2v) is 5.41. The van der Waals surface area contributed by atoms with Crippen LogP contribution >= 0.6 is 11.6 Å². The Morgan fingerprint density at radius 1 is 1.08 bits per heavy atom. The van der Waals surface area contributed by atoms with Gasteiger partial charge in [-0.05, 0) is 24.3 Å². The molecule has 0 radical (unpaired) electrons. The van der Waals surface area contributed by atoms with Crippen molar-refractivity contribution in [3.8, 4) is 22.8 Å². The Morgan fingerprint density at radius 3 is 2.56 bits per heavy atom. The first-order chi connectivity index (χ1) is 12.0. The first kappa shape index (κ1) is 16.9. The summed E-state index contributed by atoms with van der Waals surface area (Å²) in [6.45, 7) is 0. The summed E-state index contributed by atoms with van der Waals surface area (Å²) in [4.78, 5) is 15.3. The van der Waals surface area contributed by atoms with E-state index in [9.17, 15) is 18.7 Å². The molecule has 1 N–H and O–H groups in total. The van der Waals surface area contributed by atoms with Crippen LogP contribution in [-0.2, 0) is 0 Å². The topological polar surface area (TPSA) is 59.4 Å². The zero-order chi connectivity index (χ0) is 18.0. The minimum absolute atomic E-state index is 0.0315. The lowest BCUT2D eigenvalue weighted by molar-refractivity contribution is 0.0693. The molecule has 0 unspecified atom stereocenters. The fourth-order valence-electron chi connectivity index (χ4n) is 2.18. The van der Waals surface area contributed by atoms with Crippen LogP contribution in [0.4, 0.5) is 8.78 Å². The molecule has 25 heavy (non-hydrogen) atoms. The summed E-state index contributed by atoms with van der Waals surface area (Å²) in [5.74, 6) is -3.25. The third-order valence-electron chi connectivity index (χ3n) is 3.38. The fourth-order valence-corrected chi connectivity index (χ4v) is 2.35. The number of hydrogen-bond acceptors (Lipinski definition) is 3. The molecular weight excluding hydrogens is 352 g/mol. The van der Waals surface area contributed by atoms with Gasteiger partial charge in [0.05, 0.1) is 10.7 Å². The lowest BCUT2D eigenvalue weighted by Gasteiger charge is -2.12. The molecule has 0 spiro atoms. The van der Waals surface area contributed by atoms with Crippen molar-refractivity contribution in [2.24, 2.45) is 0 Å². The van der Waals surface area contributed by atoms with Crippen molar-refractivity contribution in [1.82, 2.24) is 4.98 Å². The smallest absolute Gasteiger partial charge is 0.341 e. The van der Waals surface area contributed by atoms with E-state index in [0.29, 0.717) is 0 Å². The number of aromatic carboxylic acids is 1. The zero-order valence-electron chi connectivity index (χ0n) is 12.5. The molecule has 0 atom stereocenters. The van der Waals surface area contributed by atoms with E-state index in [-0.39, 0.29) is 33.3 Å². The highest BCUT2D eigenvalue weighted by molar-refractivity contribution is 6.32. The third-order valence-corrected chi connectivity index (χ3v) is 3.69. The molecule has 4 nitrogen and oxygen atoms in total. The van der Waals surface area contributed by atoms with Gasteiger partial charge in [-0.25, -0.2) is 13.6 Å². The number of pyridine rings is 1. The van der Waals surface area contributed by atoms with Crippen molar-refractivity contribution >= 4 is 17.6 Å². The number of para-hydroxylation sites is 1. The van der Waals surface area contributed by atoms with E-state index in [1.165, 1.54) is 18.2 Å². The van der Waals surface area contributed by atoms with Crippen LogP contribution in [0.15, 0.2) is 54.7 Å².